The Labute approximate surface area is 228 Å². The van der Waals surface area contributed by atoms with Crippen molar-refractivity contribution in [2.24, 2.45) is 0 Å². The van der Waals surface area contributed by atoms with Gasteiger partial charge in [0.2, 0.25) is 5.75 Å². The predicted molar refractivity (Wildman–Crippen MR) is 152 cm³/mol. The molecule has 1 fully saturated rings. The molecule has 0 spiro atoms. The van der Waals surface area contributed by atoms with E-state index in [4.69, 9.17) is 36.8 Å². The van der Waals surface area contributed by atoms with E-state index in [9.17, 15) is 0 Å². The summed E-state index contributed by atoms with van der Waals surface area (Å²) in [5, 5.41) is 3.59. The number of piperazine rings is 1. The fourth-order valence-corrected chi connectivity index (χ4v) is 4.93. The van der Waals surface area contributed by atoms with Crippen molar-refractivity contribution in [1.29, 1.82) is 0 Å². The summed E-state index contributed by atoms with van der Waals surface area (Å²) >= 11 is 4.90. The zero-order valence-corrected chi connectivity index (χ0v) is 24.2. The molecular weight excluding hydrogens is 486 g/mol. The summed E-state index contributed by atoms with van der Waals surface area (Å²) in [6.45, 7) is 9.56. The molecule has 1 N–H and O–H groups in total. The summed E-state index contributed by atoms with van der Waals surface area (Å²) < 4.78 is 16.7. The van der Waals surface area contributed by atoms with Crippen LogP contribution in [0.5, 0.6) is 17.2 Å². The maximum atomic E-state index is 5.59. The summed E-state index contributed by atoms with van der Waals surface area (Å²) in [6, 6.07) is 3.86. The third-order valence-corrected chi connectivity index (χ3v) is 7.38. The molecule has 0 saturated carbocycles. The fraction of sp³-hybridized carbons (Fsp3) is 0.643. The molecule has 0 bridgehead atoms. The maximum absolute atomic E-state index is 5.59. The van der Waals surface area contributed by atoms with E-state index >= 15 is 0 Å². The van der Waals surface area contributed by atoms with E-state index in [0.717, 1.165) is 86.2 Å². The third-order valence-electron chi connectivity index (χ3n) is 6.91. The molecule has 0 atom stereocenters. The van der Waals surface area contributed by atoms with Gasteiger partial charge in [-0.15, -0.1) is 12.6 Å². The molecule has 9 heteroatoms. The van der Waals surface area contributed by atoms with Crippen LogP contribution in [0.1, 0.15) is 50.5 Å². The van der Waals surface area contributed by atoms with Gasteiger partial charge in [-0.3, -0.25) is 0 Å². The van der Waals surface area contributed by atoms with E-state index in [1.807, 2.05) is 12.1 Å². The summed E-state index contributed by atoms with van der Waals surface area (Å²) in [6.07, 6.45) is 6.65. The Morgan fingerprint density at radius 2 is 1.62 bits per heavy atom. The number of aromatic nitrogens is 2. The van der Waals surface area contributed by atoms with E-state index in [-0.39, 0.29) is 0 Å². The molecule has 2 heterocycles. The number of hydrogen-bond donors (Lipinski definition) is 2. The molecule has 1 saturated heterocycles. The van der Waals surface area contributed by atoms with Gasteiger partial charge in [0.05, 0.1) is 37.6 Å². The average Bonchev–Trinajstić information content (AvgIpc) is 2.92. The van der Waals surface area contributed by atoms with Crippen LogP contribution in [0, 0.1) is 0 Å². The molecule has 37 heavy (non-hydrogen) atoms. The summed E-state index contributed by atoms with van der Waals surface area (Å²) in [5.41, 5.74) is 2.58. The molecule has 0 aliphatic carbocycles. The lowest BCUT2D eigenvalue weighted by molar-refractivity contribution is 0.152. The molecule has 3 rings (SSSR count). The highest BCUT2D eigenvalue weighted by molar-refractivity contribution is 7.80. The Balaban J connectivity index is 1.77. The third kappa shape index (κ3) is 8.46. The number of benzene rings is 1. The second-order valence-electron chi connectivity index (χ2n) is 9.68. The average molecular weight is 532 g/mol. The van der Waals surface area contributed by atoms with Crippen molar-refractivity contribution < 1.29 is 14.2 Å². The van der Waals surface area contributed by atoms with Crippen LogP contribution in [-0.2, 0) is 13.0 Å². The van der Waals surface area contributed by atoms with Gasteiger partial charge in [-0.2, -0.15) is 0 Å². The number of methoxy groups -OCH3 is 3. The van der Waals surface area contributed by atoms with Gasteiger partial charge in [-0.1, -0.05) is 26.2 Å². The van der Waals surface area contributed by atoms with E-state index < -0.39 is 0 Å². The minimum atomic E-state index is 0.561. The van der Waals surface area contributed by atoms with Crippen LogP contribution in [0.2, 0.25) is 0 Å². The summed E-state index contributed by atoms with van der Waals surface area (Å²) in [4.78, 5) is 15.6. The molecule has 0 unspecified atom stereocenters. The van der Waals surface area contributed by atoms with Gasteiger partial charge in [0.15, 0.2) is 11.5 Å². The number of rotatable bonds is 15. The van der Waals surface area contributed by atoms with Crippen LogP contribution >= 0.6 is 12.6 Å². The van der Waals surface area contributed by atoms with Crippen LogP contribution in [0.15, 0.2) is 17.0 Å². The lowest BCUT2D eigenvalue weighted by atomic mass is 10.1. The van der Waals surface area contributed by atoms with Gasteiger partial charge in [-0.05, 0) is 45.1 Å². The van der Waals surface area contributed by atoms with Gasteiger partial charge >= 0.3 is 0 Å². The monoisotopic (exact) mass is 531 g/mol. The Morgan fingerprint density at radius 3 is 2.24 bits per heavy atom. The van der Waals surface area contributed by atoms with Crippen LogP contribution in [0.4, 0.5) is 0 Å². The topological polar surface area (TPSA) is 72.0 Å². The highest BCUT2D eigenvalue weighted by Crippen LogP contribution is 2.42. The number of aryl methyl sites for hydroxylation is 1. The molecule has 8 nitrogen and oxygen atoms in total. The number of thiol groups is 1. The first-order valence-electron chi connectivity index (χ1n) is 13.5. The summed E-state index contributed by atoms with van der Waals surface area (Å²) in [5.74, 6) is 2.60. The van der Waals surface area contributed by atoms with E-state index in [1.165, 1.54) is 19.3 Å². The number of hydrogen-bond acceptors (Lipinski definition) is 9. The molecule has 2 aromatic rings. The van der Waals surface area contributed by atoms with Gasteiger partial charge in [-0.25, -0.2) is 9.97 Å². The van der Waals surface area contributed by atoms with Crippen LogP contribution in [0.3, 0.4) is 0 Å². The molecule has 1 aliphatic rings. The number of unbranched alkanes of at least 4 members (excludes halogenated alkanes) is 3. The van der Waals surface area contributed by atoms with Crippen molar-refractivity contribution >= 4 is 12.6 Å². The van der Waals surface area contributed by atoms with Crippen molar-refractivity contribution in [3.63, 3.8) is 0 Å². The number of nitrogens with zero attached hydrogens (tertiary/aromatic N) is 4. The van der Waals surface area contributed by atoms with Crippen molar-refractivity contribution in [3.8, 4) is 28.5 Å². The highest BCUT2D eigenvalue weighted by Gasteiger charge is 2.19. The van der Waals surface area contributed by atoms with E-state index in [0.29, 0.717) is 23.8 Å². The normalized spacial score (nSPS) is 14.6. The second kappa shape index (κ2) is 15.4. The van der Waals surface area contributed by atoms with E-state index in [1.54, 1.807) is 21.3 Å². The Bertz CT molecular complexity index is 958. The first-order valence-corrected chi connectivity index (χ1v) is 14.0. The Hall–Kier alpha value is -2.07. The molecule has 0 amide bonds. The smallest absolute Gasteiger partial charge is 0.203 e. The van der Waals surface area contributed by atoms with Crippen molar-refractivity contribution in [2.45, 2.75) is 56.9 Å². The standard InChI is InChI=1S/C28H45N5O3S/c1-6-7-8-9-11-25-30-22(20-29-12-10-13-33-16-14-32(2)15-17-33)28(37)26(31-25)21-18-23(34-3)27(36-5)24(19-21)35-4/h18-19,29,37H,6-17,20H2,1-5H3. The number of ether oxygens (including phenoxy) is 3. The zero-order valence-electron chi connectivity index (χ0n) is 23.3. The Morgan fingerprint density at radius 1 is 0.919 bits per heavy atom. The lowest BCUT2D eigenvalue weighted by Crippen LogP contribution is -2.45. The van der Waals surface area contributed by atoms with Gasteiger partial charge in [0.25, 0.3) is 0 Å². The summed E-state index contributed by atoms with van der Waals surface area (Å²) in [7, 11) is 7.05. The van der Waals surface area contributed by atoms with Crippen molar-refractivity contribution in [3.05, 3.63) is 23.7 Å². The van der Waals surface area contributed by atoms with Crippen molar-refractivity contribution in [2.75, 3.05) is 67.6 Å². The predicted octanol–water partition coefficient (Wildman–Crippen LogP) is 4.31. The molecule has 1 aromatic heterocycles. The van der Waals surface area contributed by atoms with Gasteiger partial charge in [0.1, 0.15) is 5.82 Å². The maximum Gasteiger partial charge on any atom is 0.203 e. The second-order valence-corrected chi connectivity index (χ2v) is 10.1. The Kier molecular flexibility index (Phi) is 12.2. The molecule has 1 aromatic carbocycles. The van der Waals surface area contributed by atoms with Gasteiger partial charge in [0, 0.05) is 44.7 Å². The van der Waals surface area contributed by atoms with E-state index in [2.05, 4.69) is 29.1 Å². The molecule has 0 radical (unpaired) electrons. The van der Waals surface area contributed by atoms with Crippen LogP contribution in [0.25, 0.3) is 11.3 Å². The SMILES string of the molecule is CCCCCCc1nc(CNCCCN2CCN(C)CC2)c(S)c(-c2cc(OC)c(OC)c(OC)c2)n1. The van der Waals surface area contributed by atoms with Crippen molar-refractivity contribution in [1.82, 2.24) is 25.1 Å². The van der Waals surface area contributed by atoms with Gasteiger partial charge < -0.3 is 29.3 Å². The number of likely N-dealkylation sites (N-methyl/N-ethyl adjacent to an activating group) is 1. The zero-order chi connectivity index (χ0) is 26.6. The highest BCUT2D eigenvalue weighted by atomic mass is 32.1. The van der Waals surface area contributed by atoms with Crippen LogP contribution < -0.4 is 19.5 Å². The lowest BCUT2D eigenvalue weighted by Gasteiger charge is -2.32. The molecule has 206 valence electrons. The first kappa shape index (κ1) is 29.5. The minimum absolute atomic E-state index is 0.561. The molecule has 1 aliphatic heterocycles. The fourth-order valence-electron chi connectivity index (χ4n) is 4.62. The molecular formula is C28H45N5O3S. The largest absolute Gasteiger partial charge is 0.493 e. The quantitative estimate of drug-likeness (QED) is 0.260. The van der Waals surface area contributed by atoms with Crippen LogP contribution in [-0.4, -0.2) is 87.4 Å². The number of nitrogens with one attached hydrogen (secondary N) is 1. The minimum Gasteiger partial charge on any atom is -0.493 e. The first-order chi connectivity index (χ1) is 18.0.